The van der Waals surface area contributed by atoms with Crippen LogP contribution in [-0.2, 0) is 24.8 Å². The van der Waals surface area contributed by atoms with Gasteiger partial charge in [-0.05, 0) is 6.42 Å². The van der Waals surface area contributed by atoms with Gasteiger partial charge in [0.15, 0.2) is 0 Å². The zero-order valence-electron chi connectivity index (χ0n) is 14.4. The van der Waals surface area contributed by atoms with Crippen molar-refractivity contribution >= 4 is 5.97 Å². The summed E-state index contributed by atoms with van der Waals surface area (Å²) in [4.78, 5) is 10.7. The van der Waals surface area contributed by atoms with Crippen LogP contribution in [0.15, 0.2) is 12.4 Å². The lowest BCUT2D eigenvalue weighted by Crippen LogP contribution is -2.32. The normalized spacial score (nSPS) is 11.0. The third-order valence-electron chi connectivity index (χ3n) is 4.28. The minimum atomic E-state index is -0.731. The molecule has 4 nitrogen and oxygen atoms in total. The molecule has 126 valence electrons. The molecule has 0 saturated carbocycles. The summed E-state index contributed by atoms with van der Waals surface area (Å²) in [6.07, 6.45) is 17.3. The lowest BCUT2D eigenvalue weighted by atomic mass is 10.1. The summed E-state index contributed by atoms with van der Waals surface area (Å²) in [6, 6.07) is 0. The highest BCUT2D eigenvalue weighted by molar-refractivity contribution is 5.66. The highest BCUT2D eigenvalue weighted by Crippen LogP contribution is 2.11. The molecule has 0 fully saturated rings. The molecule has 1 aromatic rings. The van der Waals surface area contributed by atoms with Crippen LogP contribution in [0.4, 0.5) is 0 Å². The number of rotatable bonds is 13. The van der Waals surface area contributed by atoms with Crippen molar-refractivity contribution in [1.29, 1.82) is 0 Å². The standard InChI is InChI=1S/C18H32N2O2/c1-3-4-5-6-7-8-9-10-11-12-17-19(2)15-16-20(17)14-13-18(21)22/h15-16H,3-14H2,1-2H3/p+1. The van der Waals surface area contributed by atoms with Crippen molar-refractivity contribution in [1.82, 2.24) is 4.57 Å². The van der Waals surface area contributed by atoms with Crippen molar-refractivity contribution in [2.75, 3.05) is 0 Å². The SMILES string of the molecule is CCCCCCCCCCCc1n(CCC(=O)O)cc[n+]1C. The minimum absolute atomic E-state index is 0.194. The number of nitrogens with zero attached hydrogens (tertiary/aromatic N) is 2. The van der Waals surface area contributed by atoms with E-state index < -0.39 is 5.97 Å². The lowest BCUT2D eigenvalue weighted by molar-refractivity contribution is -0.678. The Morgan fingerprint density at radius 2 is 1.68 bits per heavy atom. The first-order valence-electron chi connectivity index (χ1n) is 8.90. The molecule has 1 aromatic heterocycles. The Kier molecular flexibility index (Phi) is 9.60. The van der Waals surface area contributed by atoms with E-state index in [0.29, 0.717) is 6.54 Å². The number of carbonyl (C=O) groups is 1. The van der Waals surface area contributed by atoms with E-state index in [2.05, 4.69) is 16.1 Å². The molecule has 0 amide bonds. The van der Waals surface area contributed by atoms with E-state index in [1.165, 1.54) is 63.6 Å². The summed E-state index contributed by atoms with van der Waals surface area (Å²) in [7, 11) is 2.04. The average Bonchev–Trinajstić information content (AvgIpc) is 2.84. The fraction of sp³-hybridized carbons (Fsp3) is 0.778. The second-order valence-corrected chi connectivity index (χ2v) is 6.24. The Labute approximate surface area is 135 Å². The molecule has 1 N–H and O–H groups in total. The predicted molar refractivity (Wildman–Crippen MR) is 88.8 cm³/mol. The number of hydrogen-bond donors (Lipinski definition) is 1. The van der Waals surface area contributed by atoms with Gasteiger partial charge in [-0.15, -0.1) is 0 Å². The number of aliphatic carboxylic acids is 1. The first-order valence-corrected chi connectivity index (χ1v) is 8.90. The average molecular weight is 309 g/mol. The molecule has 0 spiro atoms. The molecule has 0 aliphatic carbocycles. The molecule has 1 rings (SSSR count). The minimum Gasteiger partial charge on any atom is -0.481 e. The molecule has 0 aliphatic rings. The van der Waals surface area contributed by atoms with Crippen LogP contribution in [0.1, 0.15) is 77.0 Å². The van der Waals surface area contributed by atoms with E-state index >= 15 is 0 Å². The first kappa shape index (κ1) is 18.7. The lowest BCUT2D eigenvalue weighted by Gasteiger charge is -2.03. The van der Waals surface area contributed by atoms with E-state index in [1.54, 1.807) is 0 Å². The fourth-order valence-electron chi connectivity index (χ4n) is 2.89. The molecule has 0 bridgehead atoms. The monoisotopic (exact) mass is 309 g/mol. The quantitative estimate of drug-likeness (QED) is 0.444. The van der Waals surface area contributed by atoms with E-state index in [0.717, 1.165) is 6.42 Å². The van der Waals surface area contributed by atoms with Gasteiger partial charge in [0.1, 0.15) is 18.9 Å². The van der Waals surface area contributed by atoms with Crippen molar-refractivity contribution in [3.05, 3.63) is 18.2 Å². The van der Waals surface area contributed by atoms with Gasteiger partial charge in [0, 0.05) is 6.42 Å². The van der Waals surface area contributed by atoms with Gasteiger partial charge in [-0.25, -0.2) is 9.13 Å². The van der Waals surface area contributed by atoms with Gasteiger partial charge < -0.3 is 5.11 Å². The second-order valence-electron chi connectivity index (χ2n) is 6.24. The van der Waals surface area contributed by atoms with Gasteiger partial charge in [-0.1, -0.05) is 58.3 Å². The number of carboxylic acid groups (broad SMARTS) is 1. The number of carboxylic acids is 1. The highest BCUT2D eigenvalue weighted by atomic mass is 16.4. The molecule has 0 aliphatic heterocycles. The summed E-state index contributed by atoms with van der Waals surface area (Å²) in [5.74, 6) is 0.509. The van der Waals surface area contributed by atoms with Crippen LogP contribution in [0.3, 0.4) is 0 Å². The summed E-state index contributed by atoms with van der Waals surface area (Å²) >= 11 is 0. The van der Waals surface area contributed by atoms with E-state index in [-0.39, 0.29) is 6.42 Å². The molecular formula is C18H33N2O2+. The van der Waals surface area contributed by atoms with E-state index in [4.69, 9.17) is 5.11 Å². The van der Waals surface area contributed by atoms with Gasteiger partial charge in [0.05, 0.1) is 13.5 Å². The third kappa shape index (κ3) is 7.62. The van der Waals surface area contributed by atoms with Crippen LogP contribution in [-0.4, -0.2) is 15.6 Å². The Balaban J connectivity index is 2.16. The number of hydrogen-bond acceptors (Lipinski definition) is 1. The molecule has 4 heteroatoms. The zero-order valence-corrected chi connectivity index (χ0v) is 14.4. The number of aromatic nitrogens is 2. The second kappa shape index (κ2) is 11.3. The Bertz CT molecular complexity index is 427. The predicted octanol–water partition coefficient (Wildman–Crippen LogP) is 3.86. The third-order valence-corrected chi connectivity index (χ3v) is 4.28. The fourth-order valence-corrected chi connectivity index (χ4v) is 2.89. The molecule has 0 unspecified atom stereocenters. The van der Waals surface area contributed by atoms with E-state index in [1.807, 2.05) is 19.4 Å². The molecule has 0 radical (unpaired) electrons. The van der Waals surface area contributed by atoms with Crippen molar-refractivity contribution in [3.8, 4) is 0 Å². The largest absolute Gasteiger partial charge is 0.481 e. The molecule has 0 saturated heterocycles. The molecule has 0 atom stereocenters. The van der Waals surface area contributed by atoms with Crippen LogP contribution in [0.25, 0.3) is 0 Å². The summed E-state index contributed by atoms with van der Waals surface area (Å²) in [5.41, 5.74) is 0. The Morgan fingerprint density at radius 1 is 1.09 bits per heavy atom. The van der Waals surface area contributed by atoms with Crippen LogP contribution in [0.5, 0.6) is 0 Å². The van der Waals surface area contributed by atoms with Crippen LogP contribution in [0, 0.1) is 0 Å². The molecular weight excluding hydrogens is 276 g/mol. The van der Waals surface area contributed by atoms with Gasteiger partial charge in [0.25, 0.3) is 5.82 Å². The topological polar surface area (TPSA) is 46.1 Å². The smallest absolute Gasteiger partial charge is 0.307 e. The van der Waals surface area contributed by atoms with Crippen molar-refractivity contribution in [2.24, 2.45) is 7.05 Å². The van der Waals surface area contributed by atoms with Gasteiger partial charge >= 0.3 is 5.97 Å². The highest BCUT2D eigenvalue weighted by Gasteiger charge is 2.14. The number of aryl methyl sites for hydroxylation is 2. The molecule has 22 heavy (non-hydrogen) atoms. The van der Waals surface area contributed by atoms with E-state index in [9.17, 15) is 4.79 Å². The maximum Gasteiger partial charge on any atom is 0.307 e. The Hall–Kier alpha value is -1.32. The maximum absolute atomic E-state index is 10.7. The van der Waals surface area contributed by atoms with Gasteiger partial charge in [0.2, 0.25) is 0 Å². The number of unbranched alkanes of at least 4 members (excludes halogenated alkanes) is 8. The maximum atomic E-state index is 10.7. The number of imidazole rings is 1. The molecule has 1 heterocycles. The van der Waals surface area contributed by atoms with Crippen molar-refractivity contribution in [2.45, 2.75) is 84.1 Å². The molecule has 0 aromatic carbocycles. The van der Waals surface area contributed by atoms with Gasteiger partial charge in [-0.2, -0.15) is 0 Å². The summed E-state index contributed by atoms with van der Waals surface area (Å²) < 4.78 is 4.20. The van der Waals surface area contributed by atoms with Crippen molar-refractivity contribution in [3.63, 3.8) is 0 Å². The Morgan fingerprint density at radius 3 is 2.27 bits per heavy atom. The first-order chi connectivity index (χ1) is 10.6. The zero-order chi connectivity index (χ0) is 16.2. The van der Waals surface area contributed by atoms with Gasteiger partial charge in [-0.3, -0.25) is 4.79 Å². The summed E-state index contributed by atoms with van der Waals surface area (Å²) in [5, 5.41) is 8.80. The van der Waals surface area contributed by atoms with Crippen LogP contribution in [0.2, 0.25) is 0 Å². The van der Waals surface area contributed by atoms with Crippen LogP contribution < -0.4 is 4.57 Å². The summed E-state index contributed by atoms with van der Waals surface area (Å²) in [6.45, 7) is 2.83. The van der Waals surface area contributed by atoms with Crippen LogP contribution >= 0.6 is 0 Å². The van der Waals surface area contributed by atoms with Crippen molar-refractivity contribution < 1.29 is 14.5 Å².